The van der Waals surface area contributed by atoms with Crippen molar-refractivity contribution in [3.8, 4) is 22.6 Å². The molecule has 0 amide bonds. The van der Waals surface area contributed by atoms with Crippen molar-refractivity contribution >= 4 is 19.7 Å². The Morgan fingerprint density at radius 2 is 0.605 bits per heavy atom. The molecule has 0 saturated carbocycles. The van der Waals surface area contributed by atoms with Gasteiger partial charge in [0, 0.05) is 0 Å². The molecule has 6 rings (SSSR count). The third-order valence-corrected chi connectivity index (χ3v) is 10.1. The summed E-state index contributed by atoms with van der Waals surface area (Å²) in [6, 6.07) is 49.1. The van der Waals surface area contributed by atoms with Gasteiger partial charge in [0.05, 0.1) is 9.79 Å². The van der Waals surface area contributed by atoms with Gasteiger partial charge in [-0.15, -0.1) is 0 Å². The van der Waals surface area contributed by atoms with Gasteiger partial charge in [-0.3, -0.25) is 0 Å². The molecule has 0 aliphatic heterocycles. The molecule has 0 saturated heterocycles. The fourth-order valence-electron chi connectivity index (χ4n) is 4.35. The Hall–Kier alpha value is -4.98. The van der Waals surface area contributed by atoms with E-state index in [1.807, 2.05) is 12.1 Å². The number of sulfone groups is 2. The number of hydrogen-bond donors (Lipinski definition) is 0. The average Bonchev–Trinajstić information content (AvgIpc) is 3.07. The molecule has 0 bridgehead atoms. The zero-order chi connectivity index (χ0) is 30.1. The molecule has 43 heavy (non-hydrogen) atoms. The Balaban J connectivity index is 0.000000255. The Kier molecular flexibility index (Phi) is 9.15. The van der Waals surface area contributed by atoms with Gasteiger partial charge in [0.1, 0.15) is 21.3 Å². The first kappa shape index (κ1) is 29.5. The van der Waals surface area contributed by atoms with E-state index in [0.717, 1.165) is 0 Å². The van der Waals surface area contributed by atoms with Crippen LogP contribution in [0.5, 0.6) is 11.5 Å². The molecule has 0 aliphatic rings. The van der Waals surface area contributed by atoms with Gasteiger partial charge >= 0.3 is 0 Å². The third-order valence-electron chi connectivity index (χ3n) is 6.49. The van der Waals surface area contributed by atoms with E-state index >= 15 is 0 Å². The number of ether oxygens (including phenoxy) is 1. The van der Waals surface area contributed by atoms with Crippen molar-refractivity contribution in [2.45, 2.75) is 19.6 Å². The highest BCUT2D eigenvalue weighted by Gasteiger charge is 2.25. The van der Waals surface area contributed by atoms with Crippen LogP contribution >= 0.6 is 0 Å². The van der Waals surface area contributed by atoms with Crippen molar-refractivity contribution in [1.29, 1.82) is 0 Å². The summed E-state index contributed by atoms with van der Waals surface area (Å²) in [6.07, 6.45) is 0. The standard InChI is InChI=1S/C24H18O5S2.C12H10/c25-30(26,19-11-3-1-4-12-19)23-17-9-7-15-21(23)29-22-16-8-10-18-24(22)31(27,28)20-13-5-2-6-14-20;1-3-7-11(8-4-1)12-9-5-2-6-10-12/h1-18H;1-10H. The van der Waals surface area contributed by atoms with Crippen LogP contribution in [-0.4, -0.2) is 16.8 Å². The molecule has 0 aliphatic carbocycles. The fraction of sp³-hybridized carbons (Fsp3) is 0. The summed E-state index contributed by atoms with van der Waals surface area (Å²) in [5, 5.41) is 0. The molecule has 6 aromatic carbocycles. The van der Waals surface area contributed by atoms with Crippen LogP contribution in [0.4, 0.5) is 0 Å². The van der Waals surface area contributed by atoms with Gasteiger partial charge in [-0.1, -0.05) is 121 Å². The van der Waals surface area contributed by atoms with Gasteiger partial charge in [-0.05, 0) is 59.7 Å². The van der Waals surface area contributed by atoms with E-state index in [1.165, 1.54) is 59.7 Å². The molecule has 5 nitrogen and oxygen atoms in total. The Bertz CT molecular complexity index is 1850. The number of benzene rings is 6. The molecular formula is C36H28O5S2. The largest absolute Gasteiger partial charge is 0.455 e. The second-order valence-electron chi connectivity index (χ2n) is 9.36. The quantitative estimate of drug-likeness (QED) is 0.183. The van der Waals surface area contributed by atoms with Crippen LogP contribution in [0, 0.1) is 0 Å². The number of hydrogen-bond acceptors (Lipinski definition) is 5. The lowest BCUT2D eigenvalue weighted by atomic mass is 10.1. The third kappa shape index (κ3) is 6.92. The molecule has 0 atom stereocenters. The van der Waals surface area contributed by atoms with E-state index in [-0.39, 0.29) is 31.1 Å². The van der Waals surface area contributed by atoms with Crippen LogP contribution in [0.25, 0.3) is 11.1 Å². The monoisotopic (exact) mass is 604 g/mol. The molecule has 0 radical (unpaired) electrons. The van der Waals surface area contributed by atoms with Crippen LogP contribution in [0.15, 0.2) is 189 Å². The predicted molar refractivity (Wildman–Crippen MR) is 169 cm³/mol. The summed E-state index contributed by atoms with van der Waals surface area (Å²) in [5.41, 5.74) is 2.55. The first-order valence-corrected chi connectivity index (χ1v) is 16.4. The smallest absolute Gasteiger partial charge is 0.210 e. The van der Waals surface area contributed by atoms with E-state index in [0.29, 0.717) is 0 Å². The lowest BCUT2D eigenvalue weighted by molar-refractivity contribution is 0.454. The van der Waals surface area contributed by atoms with Crippen molar-refractivity contribution in [2.75, 3.05) is 0 Å². The Morgan fingerprint density at radius 3 is 0.953 bits per heavy atom. The SMILES string of the molecule is O=S(=O)(c1ccccc1)c1ccccc1Oc1ccccc1S(=O)(=O)c1ccccc1.c1ccc(-c2ccccc2)cc1. The van der Waals surface area contributed by atoms with Gasteiger partial charge in [0.25, 0.3) is 0 Å². The van der Waals surface area contributed by atoms with Crippen molar-refractivity contribution in [2.24, 2.45) is 0 Å². The van der Waals surface area contributed by atoms with Crippen LogP contribution in [-0.2, 0) is 19.7 Å². The maximum atomic E-state index is 13.1. The molecule has 214 valence electrons. The predicted octanol–water partition coefficient (Wildman–Crippen LogP) is 8.50. The zero-order valence-corrected chi connectivity index (χ0v) is 24.7. The highest BCUT2D eigenvalue weighted by molar-refractivity contribution is 7.92. The van der Waals surface area contributed by atoms with Gasteiger partial charge in [-0.25, -0.2) is 16.8 Å². The molecule has 6 aromatic rings. The summed E-state index contributed by atoms with van der Waals surface area (Å²) < 4.78 is 58.5. The van der Waals surface area contributed by atoms with Crippen molar-refractivity contribution < 1.29 is 21.6 Å². The maximum absolute atomic E-state index is 13.1. The van der Waals surface area contributed by atoms with Crippen LogP contribution < -0.4 is 4.74 Å². The molecule has 0 fully saturated rings. The molecule has 0 heterocycles. The first-order chi connectivity index (χ1) is 20.9. The minimum absolute atomic E-state index is 0.0436. The molecule has 0 spiro atoms. The van der Waals surface area contributed by atoms with Crippen molar-refractivity contribution in [3.05, 3.63) is 170 Å². The van der Waals surface area contributed by atoms with E-state index in [4.69, 9.17) is 4.74 Å². The van der Waals surface area contributed by atoms with Gasteiger partial charge < -0.3 is 4.74 Å². The van der Waals surface area contributed by atoms with Crippen LogP contribution in [0.1, 0.15) is 0 Å². The molecular weight excluding hydrogens is 577 g/mol. The summed E-state index contributed by atoms with van der Waals surface area (Å²) in [6.45, 7) is 0. The Morgan fingerprint density at radius 1 is 0.326 bits per heavy atom. The summed E-state index contributed by atoms with van der Waals surface area (Å²) >= 11 is 0. The van der Waals surface area contributed by atoms with Crippen molar-refractivity contribution in [1.82, 2.24) is 0 Å². The minimum atomic E-state index is -3.86. The average molecular weight is 605 g/mol. The van der Waals surface area contributed by atoms with Gasteiger partial charge in [-0.2, -0.15) is 0 Å². The first-order valence-electron chi connectivity index (χ1n) is 13.4. The van der Waals surface area contributed by atoms with Gasteiger partial charge in [0.2, 0.25) is 19.7 Å². The normalized spacial score (nSPS) is 11.2. The summed E-state index contributed by atoms with van der Waals surface area (Å²) in [5.74, 6) is 0.0872. The van der Waals surface area contributed by atoms with E-state index in [2.05, 4.69) is 48.5 Å². The fourth-order valence-corrected chi connectivity index (χ4v) is 7.15. The highest BCUT2D eigenvalue weighted by Crippen LogP contribution is 2.36. The van der Waals surface area contributed by atoms with E-state index in [1.54, 1.807) is 60.7 Å². The number of rotatable bonds is 7. The molecule has 0 N–H and O–H groups in total. The second kappa shape index (κ2) is 13.3. The van der Waals surface area contributed by atoms with Gasteiger partial charge in [0.15, 0.2) is 0 Å². The molecule has 0 aromatic heterocycles. The maximum Gasteiger partial charge on any atom is 0.210 e. The minimum Gasteiger partial charge on any atom is -0.455 e. The topological polar surface area (TPSA) is 77.5 Å². The number of para-hydroxylation sites is 2. The summed E-state index contributed by atoms with van der Waals surface area (Å²) in [4.78, 5) is 0.147. The summed E-state index contributed by atoms with van der Waals surface area (Å²) in [7, 11) is -7.73. The highest BCUT2D eigenvalue weighted by atomic mass is 32.2. The van der Waals surface area contributed by atoms with E-state index < -0.39 is 19.7 Å². The zero-order valence-electron chi connectivity index (χ0n) is 23.0. The van der Waals surface area contributed by atoms with E-state index in [9.17, 15) is 16.8 Å². The molecule has 7 heteroatoms. The lowest BCUT2D eigenvalue weighted by Gasteiger charge is -2.15. The molecule has 0 unspecified atom stereocenters. The lowest BCUT2D eigenvalue weighted by Crippen LogP contribution is -2.06. The van der Waals surface area contributed by atoms with Crippen LogP contribution in [0.3, 0.4) is 0 Å². The van der Waals surface area contributed by atoms with Crippen molar-refractivity contribution in [3.63, 3.8) is 0 Å². The Labute approximate surface area is 252 Å². The second-order valence-corrected chi connectivity index (χ2v) is 13.2. The van der Waals surface area contributed by atoms with Crippen LogP contribution in [0.2, 0.25) is 0 Å².